The summed E-state index contributed by atoms with van der Waals surface area (Å²) in [5.41, 5.74) is 0.671. The molecule has 250 valence electrons. The highest BCUT2D eigenvalue weighted by Crippen LogP contribution is 2.51. The first-order valence-electron chi connectivity index (χ1n) is 17.2. The van der Waals surface area contributed by atoms with Gasteiger partial charge in [0, 0.05) is 37.0 Å². The van der Waals surface area contributed by atoms with Gasteiger partial charge in [-0.25, -0.2) is 8.42 Å². The van der Waals surface area contributed by atoms with E-state index in [1.807, 2.05) is 24.3 Å². The molecule has 2 atom stereocenters. The largest absolute Gasteiger partial charge is 0.494 e. The third-order valence-corrected chi connectivity index (χ3v) is 12.8. The van der Waals surface area contributed by atoms with Crippen LogP contribution >= 0.6 is 0 Å². The van der Waals surface area contributed by atoms with E-state index in [9.17, 15) is 13.5 Å². The Bertz CT molecular complexity index is 1350. The number of benzene rings is 2. The molecule has 9 heteroatoms. The van der Waals surface area contributed by atoms with Crippen molar-refractivity contribution in [1.29, 1.82) is 0 Å². The topological polar surface area (TPSA) is 85.3 Å². The van der Waals surface area contributed by atoms with Crippen molar-refractivity contribution in [2.75, 3.05) is 72.4 Å². The van der Waals surface area contributed by atoms with Gasteiger partial charge in [0.1, 0.15) is 5.75 Å². The Balaban J connectivity index is 1.40. The maximum absolute atomic E-state index is 14.2. The van der Waals surface area contributed by atoms with E-state index in [-0.39, 0.29) is 10.6 Å². The predicted molar refractivity (Wildman–Crippen MR) is 178 cm³/mol. The number of methoxy groups -OCH3 is 2. The zero-order valence-corrected chi connectivity index (χ0v) is 28.7. The summed E-state index contributed by atoms with van der Waals surface area (Å²) in [6.45, 7) is 13.7. The number of hydrogen-bond acceptors (Lipinski definition) is 7. The fourth-order valence-electron chi connectivity index (χ4n) is 8.02. The van der Waals surface area contributed by atoms with Crippen LogP contribution < -0.4 is 14.2 Å². The van der Waals surface area contributed by atoms with Gasteiger partial charge in [0.2, 0.25) is 0 Å². The molecule has 2 aromatic rings. The fourth-order valence-corrected chi connectivity index (χ4v) is 10.2. The second-order valence-corrected chi connectivity index (χ2v) is 15.7. The minimum absolute atomic E-state index is 0.0837. The zero-order chi connectivity index (χ0) is 32.1. The first-order chi connectivity index (χ1) is 21.7. The molecule has 0 aliphatic carbocycles. The van der Waals surface area contributed by atoms with Crippen LogP contribution in [0.15, 0.2) is 41.3 Å². The number of ether oxygens (including phenoxy) is 3. The van der Waals surface area contributed by atoms with Gasteiger partial charge in [-0.2, -0.15) is 0 Å². The molecular formula is C36H55N2O6S+. The van der Waals surface area contributed by atoms with Gasteiger partial charge in [0.25, 0.3) is 0 Å². The van der Waals surface area contributed by atoms with Crippen molar-refractivity contribution >= 4 is 9.84 Å². The molecule has 4 heterocycles. The second kappa shape index (κ2) is 14.6. The van der Waals surface area contributed by atoms with Crippen LogP contribution in [0.3, 0.4) is 0 Å². The molecule has 3 saturated heterocycles. The van der Waals surface area contributed by atoms with Gasteiger partial charge in [-0.05, 0) is 55.0 Å². The number of piperazine rings is 3. The molecule has 4 aliphatic rings. The van der Waals surface area contributed by atoms with Gasteiger partial charge in [0.15, 0.2) is 21.3 Å². The standard InChI is InChI=1S/C36H55N2O6S/c1-5-7-15-36(16-8-6-2)27-45(40,41)33-26-32(43-4)31(42-3)25-30(33)34(35(36)39)28-11-13-29(14-12-28)44-24-10-9-20-38-21-17-37(18-22-38)19-23-38/h11-14,25-26,34-35,39H,5-10,15-24,27H2,1-4H3/q+1/t34-,35-/m1/s1. The predicted octanol–water partition coefficient (Wildman–Crippen LogP) is 5.66. The van der Waals surface area contributed by atoms with E-state index in [0.29, 0.717) is 36.5 Å². The first kappa shape index (κ1) is 34.0. The highest BCUT2D eigenvalue weighted by atomic mass is 32.2. The normalized spacial score (nSPS) is 26.6. The quantitative estimate of drug-likeness (QED) is 0.198. The molecule has 0 amide bonds. The fraction of sp³-hybridized carbons (Fsp3) is 0.667. The minimum atomic E-state index is -3.74. The van der Waals surface area contributed by atoms with Crippen LogP contribution in [0.5, 0.6) is 17.2 Å². The summed E-state index contributed by atoms with van der Waals surface area (Å²) < 4.78 is 46.9. The number of quaternary nitrogens is 1. The van der Waals surface area contributed by atoms with E-state index in [1.54, 1.807) is 19.2 Å². The maximum Gasteiger partial charge on any atom is 0.179 e. The molecule has 45 heavy (non-hydrogen) atoms. The lowest BCUT2D eigenvalue weighted by molar-refractivity contribution is -0.941. The van der Waals surface area contributed by atoms with Crippen molar-refractivity contribution in [1.82, 2.24) is 4.90 Å². The third kappa shape index (κ3) is 7.32. The van der Waals surface area contributed by atoms with Gasteiger partial charge < -0.3 is 23.8 Å². The first-order valence-corrected chi connectivity index (χ1v) is 18.8. The summed E-state index contributed by atoms with van der Waals surface area (Å²) in [5, 5.41) is 12.4. The van der Waals surface area contributed by atoms with E-state index in [0.717, 1.165) is 43.4 Å². The smallest absolute Gasteiger partial charge is 0.179 e. The number of unbranched alkanes of at least 4 members (excludes halogenated alkanes) is 3. The van der Waals surface area contributed by atoms with Gasteiger partial charge in [-0.3, -0.25) is 4.90 Å². The Kier molecular flexibility index (Phi) is 11.0. The van der Waals surface area contributed by atoms with Gasteiger partial charge in [-0.15, -0.1) is 0 Å². The van der Waals surface area contributed by atoms with Crippen LogP contribution in [0.4, 0.5) is 0 Å². The molecule has 1 N–H and O–H groups in total. The minimum Gasteiger partial charge on any atom is -0.494 e. The lowest BCUT2D eigenvalue weighted by atomic mass is 9.68. The van der Waals surface area contributed by atoms with E-state index in [1.165, 1.54) is 63.8 Å². The van der Waals surface area contributed by atoms with Crippen molar-refractivity contribution in [3.63, 3.8) is 0 Å². The maximum atomic E-state index is 14.2. The number of aliphatic hydroxyl groups excluding tert-OH is 1. The Morgan fingerprint density at radius 1 is 0.889 bits per heavy atom. The van der Waals surface area contributed by atoms with Crippen molar-refractivity contribution in [3.05, 3.63) is 47.5 Å². The molecular weight excluding hydrogens is 588 g/mol. The third-order valence-electron chi connectivity index (χ3n) is 10.9. The molecule has 4 aliphatic heterocycles. The van der Waals surface area contributed by atoms with E-state index < -0.39 is 27.3 Å². The SMILES string of the molecule is CCCCC1(CCCC)CS(=O)(=O)c2cc(OC)c(OC)cc2[C@@H](c2ccc(OCCCC[N+]34CCN(CC3)CC4)cc2)[C@H]1O. The molecule has 2 aromatic carbocycles. The van der Waals surface area contributed by atoms with Gasteiger partial charge in [-0.1, -0.05) is 51.7 Å². The molecule has 0 unspecified atom stereocenters. The summed E-state index contributed by atoms with van der Waals surface area (Å²) in [5.74, 6) is 0.996. The van der Waals surface area contributed by atoms with Crippen LogP contribution in [0, 0.1) is 5.41 Å². The molecule has 2 bridgehead atoms. The monoisotopic (exact) mass is 643 g/mol. The van der Waals surface area contributed by atoms with Crippen molar-refractivity contribution < 1.29 is 32.2 Å². The van der Waals surface area contributed by atoms with Crippen LogP contribution in [-0.2, 0) is 9.84 Å². The Morgan fingerprint density at radius 2 is 1.49 bits per heavy atom. The Morgan fingerprint density at radius 3 is 2.07 bits per heavy atom. The summed E-state index contributed by atoms with van der Waals surface area (Å²) in [6, 6.07) is 11.3. The highest BCUT2D eigenvalue weighted by molar-refractivity contribution is 7.91. The number of sulfone groups is 1. The molecule has 6 rings (SSSR count). The number of fused-ring (bicyclic) bond motifs is 4. The lowest BCUT2D eigenvalue weighted by Crippen LogP contribution is -2.67. The Hall–Kier alpha value is -2.33. The molecule has 0 radical (unpaired) electrons. The van der Waals surface area contributed by atoms with Gasteiger partial charge >= 0.3 is 0 Å². The molecule has 0 aromatic heterocycles. The van der Waals surface area contributed by atoms with E-state index in [4.69, 9.17) is 14.2 Å². The summed E-state index contributed by atoms with van der Waals surface area (Å²) in [4.78, 5) is 2.81. The Labute approximate surface area is 271 Å². The average Bonchev–Trinajstić information content (AvgIpc) is 3.13. The molecule has 0 saturated carbocycles. The van der Waals surface area contributed by atoms with E-state index in [2.05, 4.69) is 18.7 Å². The number of rotatable bonds is 15. The number of aliphatic hydroxyl groups is 1. The summed E-state index contributed by atoms with van der Waals surface area (Å²) >= 11 is 0. The van der Waals surface area contributed by atoms with Crippen molar-refractivity contribution in [2.45, 2.75) is 82.1 Å². The number of nitrogens with zero attached hydrogens (tertiary/aromatic N) is 2. The van der Waals surface area contributed by atoms with Crippen LogP contribution in [0.2, 0.25) is 0 Å². The molecule has 8 nitrogen and oxygen atoms in total. The number of hydrogen-bond donors (Lipinski definition) is 1. The highest BCUT2D eigenvalue weighted by Gasteiger charge is 2.50. The van der Waals surface area contributed by atoms with Crippen LogP contribution in [0.25, 0.3) is 0 Å². The van der Waals surface area contributed by atoms with Crippen LogP contribution in [0.1, 0.15) is 82.3 Å². The second-order valence-electron chi connectivity index (χ2n) is 13.7. The van der Waals surface area contributed by atoms with Crippen LogP contribution in [-0.4, -0.2) is 101 Å². The van der Waals surface area contributed by atoms with Crippen molar-refractivity contribution in [3.8, 4) is 17.2 Å². The zero-order valence-electron chi connectivity index (χ0n) is 27.9. The van der Waals surface area contributed by atoms with E-state index >= 15 is 0 Å². The lowest BCUT2D eigenvalue weighted by Gasteiger charge is -2.50. The van der Waals surface area contributed by atoms with Gasteiger partial charge in [0.05, 0.1) is 63.8 Å². The average molecular weight is 644 g/mol. The van der Waals surface area contributed by atoms with Crippen molar-refractivity contribution in [2.24, 2.45) is 5.41 Å². The molecule has 0 spiro atoms. The summed E-state index contributed by atoms with van der Waals surface area (Å²) in [6.07, 6.45) is 6.20. The summed E-state index contributed by atoms with van der Waals surface area (Å²) in [7, 11) is -0.672. The molecule has 3 fully saturated rings.